The van der Waals surface area contributed by atoms with Crippen molar-refractivity contribution >= 4 is 11.7 Å². The van der Waals surface area contributed by atoms with Gasteiger partial charge in [0.1, 0.15) is 0 Å². The number of aryl methyl sites for hydroxylation is 1. The van der Waals surface area contributed by atoms with E-state index in [4.69, 9.17) is 26.8 Å². The predicted octanol–water partition coefficient (Wildman–Crippen LogP) is 2.21. The molecule has 0 saturated heterocycles. The minimum absolute atomic E-state index is 0.00403. The zero-order valence-electron chi connectivity index (χ0n) is 12.9. The van der Waals surface area contributed by atoms with Gasteiger partial charge in [0.05, 0.1) is 5.71 Å². The van der Waals surface area contributed by atoms with E-state index in [1.54, 1.807) is 0 Å². The summed E-state index contributed by atoms with van der Waals surface area (Å²) in [6, 6.07) is 8.23. The normalized spacial score (nSPS) is 10.4. The van der Waals surface area contributed by atoms with Crippen molar-refractivity contribution < 1.29 is 10.3 Å². The highest BCUT2D eigenvalue weighted by Gasteiger charge is 2.04. The van der Waals surface area contributed by atoms with E-state index in [-0.39, 0.29) is 5.96 Å². The van der Waals surface area contributed by atoms with Gasteiger partial charge in [0.2, 0.25) is 5.96 Å². The van der Waals surface area contributed by atoms with E-state index in [1.165, 1.54) is 18.4 Å². The first-order valence-electron chi connectivity index (χ1n) is 6.92. The van der Waals surface area contributed by atoms with Crippen LogP contribution in [-0.2, 0) is 0 Å². The maximum Gasteiger partial charge on any atom is 0.291 e. The Morgan fingerprint density at radius 1 is 1.32 bits per heavy atom. The molecule has 0 aromatic heterocycles. The number of nitrogens with zero attached hydrogens (tertiary/aromatic N) is 3. The quantitative estimate of drug-likeness (QED) is 0.243. The largest absolute Gasteiger partial charge is 0.369 e. The van der Waals surface area contributed by atoms with Crippen LogP contribution in [0, 0.1) is 17.0 Å². The molecule has 0 unspecified atom stereocenters. The Morgan fingerprint density at radius 3 is 2.45 bits per heavy atom. The number of guanidine groups is 1. The second kappa shape index (κ2) is 11.1. The Balaban J connectivity index is 0.000000980. The molecule has 1 rings (SSSR count). The van der Waals surface area contributed by atoms with Crippen molar-refractivity contribution in [1.82, 2.24) is 0 Å². The average Bonchev–Trinajstić information content (AvgIpc) is 2.41. The van der Waals surface area contributed by atoms with Crippen LogP contribution in [0.2, 0.25) is 0 Å². The summed E-state index contributed by atoms with van der Waals surface area (Å²) in [4.78, 5) is 8.36. The van der Waals surface area contributed by atoms with Crippen LogP contribution in [0.1, 0.15) is 43.7 Å². The molecule has 0 spiro atoms. The zero-order valence-corrected chi connectivity index (χ0v) is 12.9. The maximum absolute atomic E-state index is 8.36. The molecule has 8 heteroatoms. The molecule has 0 heterocycles. The van der Waals surface area contributed by atoms with Crippen LogP contribution in [0.5, 0.6) is 0 Å². The highest BCUT2D eigenvalue weighted by atomic mass is 16.9. The summed E-state index contributed by atoms with van der Waals surface area (Å²) >= 11 is 0. The van der Waals surface area contributed by atoms with Crippen LogP contribution >= 0.6 is 0 Å². The fourth-order valence-corrected chi connectivity index (χ4v) is 1.74. The minimum Gasteiger partial charge on any atom is -0.369 e. The highest BCUT2D eigenvalue weighted by Crippen LogP contribution is 2.11. The van der Waals surface area contributed by atoms with Gasteiger partial charge in [-0.2, -0.15) is 5.10 Å². The summed E-state index contributed by atoms with van der Waals surface area (Å²) < 4.78 is 0. The van der Waals surface area contributed by atoms with Gasteiger partial charge in [-0.1, -0.05) is 49.6 Å². The third kappa shape index (κ3) is 10.2. The van der Waals surface area contributed by atoms with Gasteiger partial charge in [-0.3, -0.25) is 0 Å². The Hall–Kier alpha value is -2.64. The van der Waals surface area contributed by atoms with Gasteiger partial charge < -0.3 is 16.7 Å². The van der Waals surface area contributed by atoms with Crippen molar-refractivity contribution in [1.29, 1.82) is 0 Å². The molecule has 1 aromatic rings. The van der Waals surface area contributed by atoms with E-state index in [0.29, 0.717) is 0 Å². The van der Waals surface area contributed by atoms with Crippen molar-refractivity contribution in [2.24, 2.45) is 21.7 Å². The Morgan fingerprint density at radius 2 is 1.95 bits per heavy atom. The Kier molecular flexibility index (Phi) is 9.74. The highest BCUT2D eigenvalue weighted by molar-refractivity contribution is 6.00. The molecule has 0 bridgehead atoms. The van der Waals surface area contributed by atoms with Crippen LogP contribution in [0.25, 0.3) is 0 Å². The summed E-state index contributed by atoms with van der Waals surface area (Å²) in [5.41, 5.74) is 13.9. The van der Waals surface area contributed by atoms with Crippen molar-refractivity contribution in [2.45, 2.75) is 39.5 Å². The third-order valence-electron chi connectivity index (χ3n) is 2.65. The van der Waals surface area contributed by atoms with Crippen LogP contribution in [0.3, 0.4) is 0 Å². The van der Waals surface area contributed by atoms with Gasteiger partial charge in [0.15, 0.2) is 0 Å². The summed E-state index contributed by atoms with van der Waals surface area (Å²) in [5.74, 6) is -0.00403. The van der Waals surface area contributed by atoms with Gasteiger partial charge in [-0.15, -0.1) is 15.2 Å². The molecule has 0 fully saturated rings. The first kappa shape index (κ1) is 19.4. The van der Waals surface area contributed by atoms with Crippen molar-refractivity contribution in [3.63, 3.8) is 0 Å². The lowest BCUT2D eigenvalue weighted by atomic mass is 10.0. The summed E-state index contributed by atoms with van der Waals surface area (Å²) in [6.07, 6.45) is 4.37. The molecule has 0 aliphatic carbocycles. The molecular formula is C14H23N5O3. The molecule has 5 N–H and O–H groups in total. The zero-order chi connectivity index (χ0) is 17.0. The summed E-state index contributed by atoms with van der Waals surface area (Å²) in [6.45, 7) is 4.24. The Labute approximate surface area is 129 Å². The van der Waals surface area contributed by atoms with E-state index in [0.717, 1.165) is 24.1 Å². The SMILES string of the molecule is CCCCC/C(=N\N=C(N)N)c1cccc(C)c1.O=[N+]([O-])O. The summed E-state index contributed by atoms with van der Waals surface area (Å²) in [5, 5.41) is 21.6. The van der Waals surface area contributed by atoms with Crippen molar-refractivity contribution in [3.8, 4) is 0 Å². The van der Waals surface area contributed by atoms with Crippen LogP contribution in [0.15, 0.2) is 34.5 Å². The number of hydrogen-bond acceptors (Lipinski definition) is 4. The lowest BCUT2D eigenvalue weighted by molar-refractivity contribution is -0.742. The average molecular weight is 309 g/mol. The number of hydrogen-bond donors (Lipinski definition) is 3. The molecule has 0 saturated carbocycles. The van der Waals surface area contributed by atoms with Crippen molar-refractivity contribution in [2.75, 3.05) is 0 Å². The van der Waals surface area contributed by atoms with Crippen LogP contribution in [0.4, 0.5) is 0 Å². The van der Waals surface area contributed by atoms with Crippen LogP contribution < -0.4 is 11.5 Å². The molecule has 22 heavy (non-hydrogen) atoms. The van der Waals surface area contributed by atoms with E-state index in [1.807, 2.05) is 12.1 Å². The van der Waals surface area contributed by atoms with Gasteiger partial charge >= 0.3 is 0 Å². The molecule has 0 radical (unpaired) electrons. The van der Waals surface area contributed by atoms with Gasteiger partial charge in [0.25, 0.3) is 5.09 Å². The van der Waals surface area contributed by atoms with E-state index < -0.39 is 5.09 Å². The number of benzene rings is 1. The topological polar surface area (TPSA) is 140 Å². The van der Waals surface area contributed by atoms with Crippen molar-refractivity contribution in [3.05, 3.63) is 45.5 Å². The standard InChI is InChI=1S/C14H22N4.HNO3/c1-3-4-5-9-13(17-18-14(15)16)12-8-6-7-11(2)10-12;2-1(3)4/h6-8,10H,3-5,9H2,1-2H3,(H4,15,16,18);(H,2,3,4)/b17-13+;. The first-order chi connectivity index (χ1) is 10.4. The van der Waals surface area contributed by atoms with Gasteiger partial charge in [0, 0.05) is 0 Å². The lowest BCUT2D eigenvalue weighted by Crippen LogP contribution is -2.22. The van der Waals surface area contributed by atoms with E-state index in [9.17, 15) is 0 Å². The first-order valence-corrected chi connectivity index (χ1v) is 6.92. The molecule has 8 nitrogen and oxygen atoms in total. The van der Waals surface area contributed by atoms with E-state index in [2.05, 4.69) is 36.2 Å². The molecule has 0 aliphatic rings. The van der Waals surface area contributed by atoms with Crippen LogP contribution in [-0.4, -0.2) is 22.0 Å². The van der Waals surface area contributed by atoms with Gasteiger partial charge in [-0.05, 0) is 25.3 Å². The monoisotopic (exact) mass is 309 g/mol. The number of unbranched alkanes of at least 4 members (excludes halogenated alkanes) is 2. The molecule has 0 atom stereocenters. The Bertz CT molecular complexity index is 521. The second-order valence-electron chi connectivity index (χ2n) is 4.64. The molecule has 0 amide bonds. The number of nitrogens with two attached hydrogens (primary N) is 2. The lowest BCUT2D eigenvalue weighted by Gasteiger charge is -2.06. The molecule has 0 aliphatic heterocycles. The maximum atomic E-state index is 8.36. The molecule has 122 valence electrons. The smallest absolute Gasteiger partial charge is 0.291 e. The predicted molar refractivity (Wildman–Crippen MR) is 86.4 cm³/mol. The number of rotatable bonds is 6. The fourth-order valence-electron chi connectivity index (χ4n) is 1.74. The molecule has 1 aromatic carbocycles. The second-order valence-corrected chi connectivity index (χ2v) is 4.64. The fraction of sp³-hybridized carbons (Fsp3) is 0.429. The molecular weight excluding hydrogens is 286 g/mol. The summed E-state index contributed by atoms with van der Waals surface area (Å²) in [7, 11) is 0. The van der Waals surface area contributed by atoms with E-state index >= 15 is 0 Å². The van der Waals surface area contributed by atoms with Gasteiger partial charge in [-0.25, -0.2) is 0 Å². The third-order valence-corrected chi connectivity index (χ3v) is 2.65. The minimum atomic E-state index is -1.50.